The minimum Gasteiger partial charge on any atom is -0.315 e. The number of likely N-dealkylation sites (N-methyl/N-ethyl adjacent to an activating group) is 1. The summed E-state index contributed by atoms with van der Waals surface area (Å²) in [6.45, 7) is 9.89. The quantitative estimate of drug-likeness (QED) is 0.730. The van der Waals surface area contributed by atoms with Crippen molar-refractivity contribution in [2.45, 2.75) is 39.8 Å². The summed E-state index contributed by atoms with van der Waals surface area (Å²) in [4.78, 5) is 2.43. The molecular formula is C16H27ClN2. The summed E-state index contributed by atoms with van der Waals surface area (Å²) in [6, 6.07) is 8.70. The van der Waals surface area contributed by atoms with Crippen molar-refractivity contribution >= 4 is 11.6 Å². The molecule has 108 valence electrons. The van der Waals surface area contributed by atoms with E-state index in [0.717, 1.165) is 24.7 Å². The molecule has 0 aromatic heterocycles. The summed E-state index contributed by atoms with van der Waals surface area (Å²) in [6.07, 6.45) is 1.19. The van der Waals surface area contributed by atoms with Crippen LogP contribution in [-0.4, -0.2) is 31.1 Å². The molecule has 0 saturated carbocycles. The molecule has 0 saturated heterocycles. The predicted octanol–water partition coefficient (Wildman–Crippen LogP) is 3.80. The lowest BCUT2D eigenvalue weighted by Gasteiger charge is -2.31. The second-order valence-electron chi connectivity index (χ2n) is 5.56. The predicted molar refractivity (Wildman–Crippen MR) is 84.7 cm³/mol. The lowest BCUT2D eigenvalue weighted by Crippen LogP contribution is -2.43. The van der Waals surface area contributed by atoms with Crippen molar-refractivity contribution in [3.05, 3.63) is 34.9 Å². The van der Waals surface area contributed by atoms with E-state index in [9.17, 15) is 0 Å². The summed E-state index contributed by atoms with van der Waals surface area (Å²) in [5, 5.41) is 4.33. The lowest BCUT2D eigenvalue weighted by molar-refractivity contribution is 0.180. The molecule has 0 amide bonds. The molecule has 0 aliphatic rings. The van der Waals surface area contributed by atoms with E-state index in [1.807, 2.05) is 12.1 Å². The monoisotopic (exact) mass is 282 g/mol. The van der Waals surface area contributed by atoms with Crippen molar-refractivity contribution in [2.24, 2.45) is 5.92 Å². The Balaban J connectivity index is 2.55. The van der Waals surface area contributed by atoms with Crippen LogP contribution < -0.4 is 5.32 Å². The Morgan fingerprint density at radius 1 is 1.21 bits per heavy atom. The molecule has 0 heterocycles. The van der Waals surface area contributed by atoms with Gasteiger partial charge in [-0.05, 0) is 43.6 Å². The molecule has 2 nitrogen and oxygen atoms in total. The van der Waals surface area contributed by atoms with Crippen molar-refractivity contribution in [1.82, 2.24) is 10.2 Å². The molecule has 3 heteroatoms. The third kappa shape index (κ3) is 5.94. The number of nitrogens with zero attached hydrogens (tertiary/aromatic N) is 1. The topological polar surface area (TPSA) is 15.3 Å². The second-order valence-corrected chi connectivity index (χ2v) is 5.99. The molecule has 0 aliphatic heterocycles. The molecule has 1 atom stereocenters. The van der Waals surface area contributed by atoms with E-state index in [-0.39, 0.29) is 0 Å². The van der Waals surface area contributed by atoms with E-state index >= 15 is 0 Å². The molecule has 1 rings (SSSR count). The molecule has 1 aromatic carbocycles. The van der Waals surface area contributed by atoms with Crippen LogP contribution in [0.25, 0.3) is 0 Å². The maximum absolute atomic E-state index is 5.92. The van der Waals surface area contributed by atoms with Crippen molar-refractivity contribution in [1.29, 1.82) is 0 Å². The summed E-state index contributed by atoms with van der Waals surface area (Å²) in [7, 11) is 2.20. The molecule has 0 bridgehead atoms. The van der Waals surface area contributed by atoms with Gasteiger partial charge in [-0.25, -0.2) is 0 Å². The maximum atomic E-state index is 5.92. The highest BCUT2D eigenvalue weighted by Gasteiger charge is 2.18. The fourth-order valence-corrected chi connectivity index (χ4v) is 2.45. The Hall–Kier alpha value is -0.570. The molecule has 0 radical (unpaired) electrons. The first-order valence-electron chi connectivity index (χ1n) is 7.20. The van der Waals surface area contributed by atoms with Crippen LogP contribution in [0.5, 0.6) is 0 Å². The highest BCUT2D eigenvalue weighted by molar-refractivity contribution is 6.30. The van der Waals surface area contributed by atoms with E-state index in [2.05, 4.69) is 50.2 Å². The van der Waals surface area contributed by atoms with E-state index in [0.29, 0.717) is 12.0 Å². The van der Waals surface area contributed by atoms with E-state index in [1.54, 1.807) is 0 Å². The minimum atomic E-state index is 0.558. The van der Waals surface area contributed by atoms with Gasteiger partial charge in [-0.15, -0.1) is 0 Å². The van der Waals surface area contributed by atoms with Crippen molar-refractivity contribution in [3.8, 4) is 0 Å². The summed E-state index contributed by atoms with van der Waals surface area (Å²) < 4.78 is 0. The standard InChI is InChI=1S/C16H27ClN2/c1-5-10-18-11-16(13(2)3)19(4)12-14-6-8-15(17)9-7-14/h6-9,13,16,18H,5,10-12H2,1-4H3. The Morgan fingerprint density at radius 3 is 2.37 bits per heavy atom. The molecule has 0 aliphatic carbocycles. The molecular weight excluding hydrogens is 256 g/mol. The van der Waals surface area contributed by atoms with Crippen LogP contribution in [0.2, 0.25) is 5.02 Å². The van der Waals surface area contributed by atoms with Gasteiger partial charge in [-0.2, -0.15) is 0 Å². The first-order valence-corrected chi connectivity index (χ1v) is 7.57. The zero-order valence-electron chi connectivity index (χ0n) is 12.6. The number of hydrogen-bond donors (Lipinski definition) is 1. The minimum absolute atomic E-state index is 0.558. The van der Waals surface area contributed by atoms with Crippen molar-refractivity contribution < 1.29 is 0 Å². The van der Waals surface area contributed by atoms with Gasteiger partial charge in [0.25, 0.3) is 0 Å². The zero-order chi connectivity index (χ0) is 14.3. The molecule has 1 N–H and O–H groups in total. The summed E-state index contributed by atoms with van der Waals surface area (Å²) >= 11 is 5.92. The Labute approximate surface area is 123 Å². The van der Waals surface area contributed by atoms with Crippen molar-refractivity contribution in [3.63, 3.8) is 0 Å². The van der Waals surface area contributed by atoms with E-state index < -0.39 is 0 Å². The van der Waals surface area contributed by atoms with Gasteiger partial charge < -0.3 is 5.32 Å². The number of hydrogen-bond acceptors (Lipinski definition) is 2. The van der Waals surface area contributed by atoms with E-state index in [4.69, 9.17) is 11.6 Å². The van der Waals surface area contributed by atoms with Crippen LogP contribution in [0.1, 0.15) is 32.8 Å². The van der Waals surface area contributed by atoms with Gasteiger partial charge in [0.2, 0.25) is 0 Å². The van der Waals surface area contributed by atoms with Gasteiger partial charge in [0.05, 0.1) is 0 Å². The Morgan fingerprint density at radius 2 is 1.84 bits per heavy atom. The Kier molecular flexibility index (Phi) is 7.44. The van der Waals surface area contributed by atoms with Gasteiger partial charge in [0.15, 0.2) is 0 Å². The zero-order valence-corrected chi connectivity index (χ0v) is 13.4. The summed E-state index contributed by atoms with van der Waals surface area (Å²) in [5.41, 5.74) is 1.31. The third-order valence-corrected chi connectivity index (χ3v) is 3.71. The van der Waals surface area contributed by atoms with Gasteiger partial charge >= 0.3 is 0 Å². The fourth-order valence-electron chi connectivity index (χ4n) is 2.32. The van der Waals surface area contributed by atoms with Gasteiger partial charge in [-0.1, -0.05) is 44.5 Å². The van der Waals surface area contributed by atoms with Crippen LogP contribution in [0.4, 0.5) is 0 Å². The SMILES string of the molecule is CCCNCC(C(C)C)N(C)Cc1ccc(Cl)cc1. The first-order chi connectivity index (χ1) is 9.04. The van der Waals surface area contributed by atoms with Gasteiger partial charge in [0.1, 0.15) is 0 Å². The first kappa shape index (κ1) is 16.5. The average Bonchev–Trinajstić information content (AvgIpc) is 2.37. The highest BCUT2D eigenvalue weighted by Crippen LogP contribution is 2.15. The largest absolute Gasteiger partial charge is 0.315 e. The lowest BCUT2D eigenvalue weighted by atomic mass is 10.0. The van der Waals surface area contributed by atoms with Gasteiger partial charge in [-0.3, -0.25) is 4.90 Å². The Bertz CT molecular complexity index is 348. The van der Waals surface area contributed by atoms with Crippen LogP contribution in [0, 0.1) is 5.92 Å². The normalized spacial score (nSPS) is 13.2. The number of benzene rings is 1. The van der Waals surface area contributed by atoms with E-state index in [1.165, 1.54) is 12.0 Å². The maximum Gasteiger partial charge on any atom is 0.0406 e. The number of rotatable bonds is 8. The third-order valence-electron chi connectivity index (χ3n) is 3.46. The van der Waals surface area contributed by atoms with Crippen LogP contribution in [0.15, 0.2) is 24.3 Å². The summed E-state index contributed by atoms with van der Waals surface area (Å²) in [5.74, 6) is 0.640. The number of halogens is 1. The van der Waals surface area contributed by atoms with Crippen LogP contribution >= 0.6 is 11.6 Å². The second kappa shape index (κ2) is 8.57. The van der Waals surface area contributed by atoms with Crippen LogP contribution in [0.3, 0.4) is 0 Å². The molecule has 19 heavy (non-hydrogen) atoms. The highest BCUT2D eigenvalue weighted by atomic mass is 35.5. The van der Waals surface area contributed by atoms with Crippen molar-refractivity contribution in [2.75, 3.05) is 20.1 Å². The fraction of sp³-hybridized carbons (Fsp3) is 0.625. The smallest absolute Gasteiger partial charge is 0.0406 e. The van der Waals surface area contributed by atoms with Crippen LogP contribution in [-0.2, 0) is 6.54 Å². The molecule has 0 spiro atoms. The average molecular weight is 283 g/mol. The number of nitrogens with one attached hydrogen (secondary N) is 1. The molecule has 1 aromatic rings. The molecule has 0 fully saturated rings. The van der Waals surface area contributed by atoms with Gasteiger partial charge in [0, 0.05) is 24.2 Å². The molecule has 1 unspecified atom stereocenters.